The molecular formula is C18H28N4OS. The van der Waals surface area contributed by atoms with Gasteiger partial charge < -0.3 is 9.80 Å². The maximum atomic E-state index is 12.7. The molecule has 0 unspecified atom stereocenters. The maximum Gasteiger partial charge on any atom is 0.236 e. The summed E-state index contributed by atoms with van der Waals surface area (Å²) in [4.78, 5) is 23.7. The fraction of sp³-hybridized carbons (Fsp3) is 0.667. The molecule has 1 saturated carbocycles. The van der Waals surface area contributed by atoms with E-state index in [0.29, 0.717) is 17.8 Å². The summed E-state index contributed by atoms with van der Waals surface area (Å²) in [5, 5.41) is 0.611. The average molecular weight is 349 g/mol. The summed E-state index contributed by atoms with van der Waals surface area (Å²) in [6.45, 7) is 4.26. The molecule has 1 aromatic heterocycles. The molecule has 0 spiro atoms. The topological polar surface area (TPSA) is 39.7 Å². The van der Waals surface area contributed by atoms with Crippen molar-refractivity contribution in [2.24, 2.45) is 0 Å². The third kappa shape index (κ3) is 4.03. The van der Waals surface area contributed by atoms with Crippen LogP contribution in [0.1, 0.15) is 19.3 Å². The van der Waals surface area contributed by atoms with E-state index < -0.39 is 0 Å². The van der Waals surface area contributed by atoms with E-state index in [2.05, 4.69) is 27.1 Å². The Hall–Kier alpha value is -1.27. The van der Waals surface area contributed by atoms with Crippen molar-refractivity contribution in [2.75, 3.05) is 50.9 Å². The molecule has 0 bridgehead atoms. The molecule has 1 amide bonds. The lowest BCUT2D eigenvalue weighted by Gasteiger charge is -2.36. The van der Waals surface area contributed by atoms with Crippen LogP contribution in [0.3, 0.4) is 0 Å². The number of pyridine rings is 1. The highest BCUT2D eigenvalue weighted by atomic mass is 32.2. The number of aromatic nitrogens is 1. The number of nitrogens with zero attached hydrogens (tertiary/aromatic N) is 4. The molecule has 3 rings (SSSR count). The van der Waals surface area contributed by atoms with Crippen molar-refractivity contribution in [2.45, 2.75) is 30.6 Å². The van der Waals surface area contributed by atoms with Gasteiger partial charge in [0.2, 0.25) is 5.91 Å². The number of thioether (sulfide) groups is 1. The molecule has 2 aliphatic rings. The lowest BCUT2D eigenvalue weighted by atomic mass is 10.2. The van der Waals surface area contributed by atoms with Crippen molar-refractivity contribution >= 4 is 23.5 Å². The molecule has 0 aromatic carbocycles. The Kier molecular flexibility index (Phi) is 6.00. The van der Waals surface area contributed by atoms with Gasteiger partial charge in [0.15, 0.2) is 0 Å². The molecule has 24 heavy (non-hydrogen) atoms. The first kappa shape index (κ1) is 17.5. The van der Waals surface area contributed by atoms with Gasteiger partial charge in [0.1, 0.15) is 5.82 Å². The second-order valence-corrected chi connectivity index (χ2v) is 7.81. The highest BCUT2D eigenvalue weighted by Gasteiger charge is 2.32. The zero-order valence-electron chi connectivity index (χ0n) is 14.7. The van der Waals surface area contributed by atoms with Crippen molar-refractivity contribution in [3.8, 4) is 0 Å². The molecule has 1 aliphatic heterocycles. The van der Waals surface area contributed by atoms with Crippen molar-refractivity contribution in [1.29, 1.82) is 0 Å². The number of hydrogen-bond acceptors (Lipinski definition) is 5. The van der Waals surface area contributed by atoms with E-state index in [1.165, 1.54) is 12.8 Å². The van der Waals surface area contributed by atoms with Crippen LogP contribution in [0.15, 0.2) is 24.4 Å². The number of piperazine rings is 1. The second kappa shape index (κ2) is 8.21. The van der Waals surface area contributed by atoms with Crippen LogP contribution in [0.5, 0.6) is 0 Å². The number of carbonyl (C=O) groups is 1. The smallest absolute Gasteiger partial charge is 0.236 e. The summed E-state index contributed by atoms with van der Waals surface area (Å²) in [6.07, 6.45) is 7.64. The monoisotopic (exact) mass is 348 g/mol. The van der Waals surface area contributed by atoms with E-state index in [1.54, 1.807) is 0 Å². The molecule has 132 valence electrons. The standard InChI is InChI=1S/C18H28N4OS/c1-20(15-6-5-7-16(15)24-2)18(23)14-21-10-12-22(13-11-21)17-8-3-4-9-19-17/h3-4,8-9,15-16H,5-7,10-14H2,1-2H3/t15-,16-/m0/s1. The van der Waals surface area contributed by atoms with Gasteiger partial charge in [-0.25, -0.2) is 4.98 Å². The van der Waals surface area contributed by atoms with E-state index in [1.807, 2.05) is 42.0 Å². The first-order valence-corrected chi connectivity index (χ1v) is 10.1. The second-order valence-electron chi connectivity index (χ2n) is 6.73. The first-order valence-electron chi connectivity index (χ1n) is 8.86. The van der Waals surface area contributed by atoms with Gasteiger partial charge in [0.05, 0.1) is 6.54 Å². The van der Waals surface area contributed by atoms with Crippen LogP contribution in [0.25, 0.3) is 0 Å². The Morgan fingerprint density at radius 3 is 2.75 bits per heavy atom. The lowest BCUT2D eigenvalue weighted by molar-refractivity contribution is -0.133. The minimum atomic E-state index is 0.271. The fourth-order valence-electron chi connectivity index (χ4n) is 3.79. The number of anilines is 1. The van der Waals surface area contributed by atoms with Gasteiger partial charge in [-0.15, -0.1) is 0 Å². The molecular weight excluding hydrogens is 320 g/mol. The Labute approximate surface area is 149 Å². The van der Waals surface area contributed by atoms with Gasteiger partial charge >= 0.3 is 0 Å². The number of carbonyl (C=O) groups excluding carboxylic acids is 1. The number of likely N-dealkylation sites (N-methyl/N-ethyl adjacent to an activating group) is 1. The predicted molar refractivity (Wildman–Crippen MR) is 101 cm³/mol. The zero-order valence-corrected chi connectivity index (χ0v) is 15.5. The maximum absolute atomic E-state index is 12.7. The molecule has 2 fully saturated rings. The average Bonchev–Trinajstić information content (AvgIpc) is 3.11. The summed E-state index contributed by atoms with van der Waals surface area (Å²) < 4.78 is 0. The fourth-order valence-corrected chi connectivity index (χ4v) is 4.82. The largest absolute Gasteiger partial charge is 0.354 e. The molecule has 2 heterocycles. The lowest BCUT2D eigenvalue weighted by Crippen LogP contribution is -2.51. The van der Waals surface area contributed by atoms with Gasteiger partial charge in [-0.3, -0.25) is 9.69 Å². The SMILES string of the molecule is CS[C@H]1CCC[C@@H]1N(C)C(=O)CN1CCN(c2ccccn2)CC1. The third-order valence-corrected chi connectivity index (χ3v) is 6.47. The molecule has 5 nitrogen and oxygen atoms in total. The van der Waals surface area contributed by atoms with Gasteiger partial charge in [0, 0.05) is 50.7 Å². The summed E-state index contributed by atoms with van der Waals surface area (Å²) >= 11 is 1.91. The minimum absolute atomic E-state index is 0.271. The third-order valence-electron chi connectivity index (χ3n) is 5.32. The Balaban J connectivity index is 1.48. The van der Waals surface area contributed by atoms with Gasteiger partial charge in [-0.05, 0) is 31.2 Å². The summed E-state index contributed by atoms with van der Waals surface area (Å²) in [5.74, 6) is 1.31. The van der Waals surface area contributed by atoms with Gasteiger partial charge in [-0.2, -0.15) is 11.8 Å². The zero-order chi connectivity index (χ0) is 16.9. The highest BCUT2D eigenvalue weighted by molar-refractivity contribution is 7.99. The Bertz CT molecular complexity index is 533. The van der Waals surface area contributed by atoms with Crippen LogP contribution < -0.4 is 4.90 Å². The predicted octanol–water partition coefficient (Wildman–Crippen LogP) is 1.95. The number of amides is 1. The molecule has 6 heteroatoms. The van der Waals surface area contributed by atoms with Crippen LogP contribution in [-0.2, 0) is 4.79 Å². The van der Waals surface area contributed by atoms with E-state index in [4.69, 9.17) is 0 Å². The normalized spacial score (nSPS) is 25.0. The van der Waals surface area contributed by atoms with Crippen molar-refractivity contribution in [3.63, 3.8) is 0 Å². The molecule has 1 aliphatic carbocycles. The number of rotatable bonds is 5. The molecule has 0 radical (unpaired) electrons. The van der Waals surface area contributed by atoms with E-state index in [-0.39, 0.29) is 5.91 Å². The summed E-state index contributed by atoms with van der Waals surface area (Å²) in [5.41, 5.74) is 0. The highest BCUT2D eigenvalue weighted by Crippen LogP contribution is 2.31. The van der Waals surface area contributed by atoms with Crippen molar-refractivity contribution in [1.82, 2.24) is 14.8 Å². The first-order chi connectivity index (χ1) is 11.7. The van der Waals surface area contributed by atoms with Crippen LogP contribution in [0, 0.1) is 0 Å². The van der Waals surface area contributed by atoms with E-state index in [9.17, 15) is 4.79 Å². The minimum Gasteiger partial charge on any atom is -0.354 e. The molecule has 1 saturated heterocycles. The number of hydrogen-bond donors (Lipinski definition) is 0. The quantitative estimate of drug-likeness (QED) is 0.813. The summed E-state index contributed by atoms with van der Waals surface area (Å²) in [6, 6.07) is 6.44. The van der Waals surface area contributed by atoms with Crippen LogP contribution in [0.2, 0.25) is 0 Å². The summed E-state index contributed by atoms with van der Waals surface area (Å²) in [7, 11) is 1.99. The molecule has 2 atom stereocenters. The Morgan fingerprint density at radius 1 is 1.29 bits per heavy atom. The van der Waals surface area contributed by atoms with Crippen LogP contribution in [-0.4, -0.2) is 78.0 Å². The van der Waals surface area contributed by atoms with Crippen molar-refractivity contribution in [3.05, 3.63) is 24.4 Å². The van der Waals surface area contributed by atoms with Crippen LogP contribution in [0.4, 0.5) is 5.82 Å². The Morgan fingerprint density at radius 2 is 2.08 bits per heavy atom. The van der Waals surface area contributed by atoms with Gasteiger partial charge in [-0.1, -0.05) is 12.5 Å². The van der Waals surface area contributed by atoms with Crippen LogP contribution >= 0.6 is 11.8 Å². The van der Waals surface area contributed by atoms with E-state index in [0.717, 1.165) is 38.4 Å². The molecule has 1 aromatic rings. The molecule has 0 N–H and O–H groups in total. The van der Waals surface area contributed by atoms with Gasteiger partial charge in [0.25, 0.3) is 0 Å². The van der Waals surface area contributed by atoms with E-state index >= 15 is 0 Å². The van der Waals surface area contributed by atoms with Crippen molar-refractivity contribution < 1.29 is 4.79 Å².